The Morgan fingerprint density at radius 3 is 2.52 bits per heavy atom. The second kappa shape index (κ2) is 5.70. The maximum Gasteiger partial charge on any atom is 0.416 e. The van der Waals surface area contributed by atoms with E-state index >= 15 is 0 Å². The number of ether oxygens (including phenoxy) is 1. The van der Waals surface area contributed by atoms with Gasteiger partial charge in [-0.15, -0.1) is 0 Å². The van der Waals surface area contributed by atoms with Crippen molar-refractivity contribution in [1.29, 1.82) is 0 Å². The van der Waals surface area contributed by atoms with Crippen LogP contribution < -0.4 is 0 Å². The van der Waals surface area contributed by atoms with Crippen LogP contribution in [0.15, 0.2) is 24.3 Å². The largest absolute Gasteiger partial charge is 0.444 e. The number of aliphatic hydroxyl groups is 1. The lowest BCUT2D eigenvalue weighted by atomic mass is 9.91. The summed E-state index contributed by atoms with van der Waals surface area (Å²) in [6.07, 6.45) is -4.90. The summed E-state index contributed by atoms with van der Waals surface area (Å²) in [5.74, 6) is 0. The molecule has 0 aromatic heterocycles. The van der Waals surface area contributed by atoms with Gasteiger partial charge in [-0.2, -0.15) is 13.2 Å². The van der Waals surface area contributed by atoms with Crippen molar-refractivity contribution in [2.75, 3.05) is 13.1 Å². The molecular weight excluding hydrogens is 311 g/mol. The zero-order valence-electron chi connectivity index (χ0n) is 13.3. The lowest BCUT2D eigenvalue weighted by molar-refractivity contribution is -0.137. The summed E-state index contributed by atoms with van der Waals surface area (Å²) in [5.41, 5.74) is -2.84. The summed E-state index contributed by atoms with van der Waals surface area (Å²) >= 11 is 0. The van der Waals surface area contributed by atoms with Gasteiger partial charge in [-0.25, -0.2) is 4.79 Å². The molecule has 0 spiro atoms. The molecule has 4 nitrogen and oxygen atoms in total. The number of halogens is 3. The molecule has 1 aliphatic rings. The van der Waals surface area contributed by atoms with E-state index in [0.29, 0.717) is 0 Å². The molecule has 1 N–H and O–H groups in total. The molecule has 0 saturated carbocycles. The van der Waals surface area contributed by atoms with Gasteiger partial charge in [0, 0.05) is 6.54 Å². The van der Waals surface area contributed by atoms with E-state index in [0.717, 1.165) is 12.1 Å². The van der Waals surface area contributed by atoms with Crippen molar-refractivity contribution in [1.82, 2.24) is 4.90 Å². The molecule has 0 radical (unpaired) electrons. The van der Waals surface area contributed by atoms with E-state index < -0.39 is 29.0 Å². The standard InChI is InChI=1S/C16H20F3NO3/c1-14(2,3)23-13(21)20-8-7-15(22,10-20)11-5-4-6-12(9-11)16(17,18)19/h4-6,9,22H,7-8,10H2,1-3H3. The second-order valence-electron chi connectivity index (χ2n) is 6.76. The smallest absolute Gasteiger partial charge is 0.416 e. The summed E-state index contributed by atoms with van der Waals surface area (Å²) in [7, 11) is 0. The molecule has 128 valence electrons. The van der Waals surface area contributed by atoms with Crippen molar-refractivity contribution in [3.63, 3.8) is 0 Å². The number of carbonyl (C=O) groups excluding carboxylic acids is 1. The van der Waals surface area contributed by atoms with Gasteiger partial charge in [0.15, 0.2) is 0 Å². The molecule has 23 heavy (non-hydrogen) atoms. The molecule has 1 heterocycles. The predicted molar refractivity (Wildman–Crippen MR) is 77.8 cm³/mol. The van der Waals surface area contributed by atoms with E-state index in [4.69, 9.17) is 4.74 Å². The summed E-state index contributed by atoms with van der Waals surface area (Å²) in [6.45, 7) is 5.30. The van der Waals surface area contributed by atoms with E-state index in [1.165, 1.54) is 17.0 Å². The van der Waals surface area contributed by atoms with Gasteiger partial charge >= 0.3 is 12.3 Å². The summed E-state index contributed by atoms with van der Waals surface area (Å²) in [4.78, 5) is 13.3. The van der Waals surface area contributed by atoms with Crippen molar-refractivity contribution in [2.24, 2.45) is 0 Å². The Morgan fingerprint density at radius 1 is 1.30 bits per heavy atom. The third-order valence-electron chi connectivity index (χ3n) is 3.63. The average molecular weight is 331 g/mol. The number of carbonyl (C=O) groups is 1. The predicted octanol–water partition coefficient (Wildman–Crippen LogP) is 3.53. The quantitative estimate of drug-likeness (QED) is 0.856. The highest BCUT2D eigenvalue weighted by molar-refractivity contribution is 5.68. The van der Waals surface area contributed by atoms with Crippen molar-refractivity contribution < 1.29 is 27.8 Å². The first-order valence-corrected chi connectivity index (χ1v) is 7.29. The average Bonchev–Trinajstić information content (AvgIpc) is 2.80. The first-order valence-electron chi connectivity index (χ1n) is 7.29. The monoisotopic (exact) mass is 331 g/mol. The van der Waals surface area contributed by atoms with Gasteiger partial charge in [-0.3, -0.25) is 0 Å². The Balaban J connectivity index is 2.17. The van der Waals surface area contributed by atoms with Gasteiger partial charge in [0.2, 0.25) is 0 Å². The topological polar surface area (TPSA) is 49.8 Å². The first-order chi connectivity index (χ1) is 10.4. The lowest BCUT2D eigenvalue weighted by Gasteiger charge is -2.27. The SMILES string of the molecule is CC(C)(C)OC(=O)N1CCC(O)(c2cccc(C(F)(F)F)c2)C1. The van der Waals surface area contributed by atoms with Crippen LogP contribution in [0.3, 0.4) is 0 Å². The number of β-amino-alcohol motifs (C(OH)–C–C–N with tert-alkyl or cyclic N) is 1. The highest BCUT2D eigenvalue weighted by Crippen LogP contribution is 2.36. The van der Waals surface area contributed by atoms with Gasteiger partial charge in [0.1, 0.15) is 11.2 Å². The van der Waals surface area contributed by atoms with Crippen molar-refractivity contribution in [3.8, 4) is 0 Å². The van der Waals surface area contributed by atoms with E-state index in [-0.39, 0.29) is 25.1 Å². The van der Waals surface area contributed by atoms with Crippen molar-refractivity contribution in [2.45, 2.75) is 44.6 Å². The minimum atomic E-state index is -4.48. The Bertz CT molecular complexity index is 595. The highest BCUT2D eigenvalue weighted by atomic mass is 19.4. The minimum absolute atomic E-state index is 0.0940. The molecule has 0 bridgehead atoms. The maximum absolute atomic E-state index is 12.8. The zero-order valence-corrected chi connectivity index (χ0v) is 13.3. The highest BCUT2D eigenvalue weighted by Gasteiger charge is 2.42. The number of alkyl halides is 3. The van der Waals surface area contributed by atoms with Gasteiger partial charge in [-0.1, -0.05) is 12.1 Å². The molecule has 1 aromatic carbocycles. The minimum Gasteiger partial charge on any atom is -0.444 e. The fraction of sp³-hybridized carbons (Fsp3) is 0.562. The van der Waals surface area contributed by atoms with Gasteiger partial charge in [0.05, 0.1) is 12.1 Å². The zero-order chi connectivity index (χ0) is 17.5. The van der Waals surface area contributed by atoms with Crippen LogP contribution in [0.25, 0.3) is 0 Å². The fourth-order valence-corrected chi connectivity index (χ4v) is 2.50. The molecule has 1 amide bonds. The molecule has 1 aliphatic heterocycles. The molecule has 1 unspecified atom stereocenters. The van der Waals surface area contributed by atoms with Crippen LogP contribution in [0.1, 0.15) is 38.3 Å². The molecule has 1 fully saturated rings. The Morgan fingerprint density at radius 2 is 1.96 bits per heavy atom. The number of hydrogen-bond donors (Lipinski definition) is 1. The van der Waals surface area contributed by atoms with Crippen LogP contribution in [0.2, 0.25) is 0 Å². The first kappa shape index (κ1) is 17.6. The van der Waals surface area contributed by atoms with Crippen molar-refractivity contribution >= 4 is 6.09 Å². The fourth-order valence-electron chi connectivity index (χ4n) is 2.50. The Hall–Kier alpha value is -1.76. The maximum atomic E-state index is 12.8. The van der Waals surface area contributed by atoms with Crippen LogP contribution in [-0.2, 0) is 16.5 Å². The molecule has 1 saturated heterocycles. The third-order valence-corrected chi connectivity index (χ3v) is 3.63. The molecular formula is C16H20F3NO3. The Kier molecular flexibility index (Phi) is 4.36. The third kappa shape index (κ3) is 4.16. The van der Waals surface area contributed by atoms with Crippen LogP contribution in [0, 0.1) is 0 Å². The molecule has 1 atom stereocenters. The summed E-state index contributed by atoms with van der Waals surface area (Å²) < 4.78 is 43.6. The number of nitrogens with zero attached hydrogens (tertiary/aromatic N) is 1. The molecule has 7 heteroatoms. The number of amides is 1. The Labute approximate surface area is 132 Å². The van der Waals surface area contributed by atoms with E-state index in [1.807, 2.05) is 0 Å². The van der Waals surface area contributed by atoms with Crippen LogP contribution in [-0.4, -0.2) is 34.8 Å². The van der Waals surface area contributed by atoms with Crippen LogP contribution in [0.4, 0.5) is 18.0 Å². The normalized spacial score (nSPS) is 22.3. The number of rotatable bonds is 1. The molecule has 0 aliphatic carbocycles. The lowest BCUT2D eigenvalue weighted by Crippen LogP contribution is -2.38. The molecule has 2 rings (SSSR count). The van der Waals surface area contributed by atoms with Crippen LogP contribution in [0.5, 0.6) is 0 Å². The summed E-state index contributed by atoms with van der Waals surface area (Å²) in [6, 6.07) is 4.58. The van der Waals surface area contributed by atoms with E-state index in [2.05, 4.69) is 0 Å². The number of benzene rings is 1. The van der Waals surface area contributed by atoms with Gasteiger partial charge in [0.25, 0.3) is 0 Å². The van der Waals surface area contributed by atoms with Crippen molar-refractivity contribution in [3.05, 3.63) is 35.4 Å². The number of hydrogen-bond acceptors (Lipinski definition) is 3. The van der Waals surface area contributed by atoms with Gasteiger partial charge < -0.3 is 14.7 Å². The summed E-state index contributed by atoms with van der Waals surface area (Å²) in [5, 5.41) is 10.7. The second-order valence-corrected chi connectivity index (χ2v) is 6.76. The van der Waals surface area contributed by atoms with E-state index in [1.54, 1.807) is 20.8 Å². The van der Waals surface area contributed by atoms with Gasteiger partial charge in [-0.05, 0) is 44.9 Å². The van der Waals surface area contributed by atoms with E-state index in [9.17, 15) is 23.1 Å². The number of likely N-dealkylation sites (tertiary alicyclic amines) is 1. The molecule has 1 aromatic rings. The van der Waals surface area contributed by atoms with Crippen LogP contribution >= 0.6 is 0 Å².